The number of methoxy groups -OCH3 is 1. The summed E-state index contributed by atoms with van der Waals surface area (Å²) in [4.78, 5) is 24.8. The minimum absolute atomic E-state index is 0.225. The fourth-order valence-electron chi connectivity index (χ4n) is 1.98. The van der Waals surface area contributed by atoms with Crippen molar-refractivity contribution >= 4 is 57.6 Å². The van der Waals surface area contributed by atoms with Crippen LogP contribution in [0.4, 0.5) is 0 Å². The highest BCUT2D eigenvalue weighted by molar-refractivity contribution is 8.26. The maximum absolute atomic E-state index is 12.0. The number of thiophene rings is 1. The number of hydrogen-bond acceptors (Lipinski definition) is 7. The zero-order valence-corrected chi connectivity index (χ0v) is 14.8. The van der Waals surface area contributed by atoms with Gasteiger partial charge < -0.3 is 14.8 Å². The molecule has 2 heterocycles. The van der Waals surface area contributed by atoms with E-state index in [-0.39, 0.29) is 5.91 Å². The maximum Gasteiger partial charge on any atom is 0.353 e. The Morgan fingerprint density at radius 1 is 1.29 bits per heavy atom. The third-order valence-electron chi connectivity index (χ3n) is 3.05. The monoisotopic (exact) mass is 377 g/mol. The normalized spacial score (nSPS) is 15.5. The summed E-state index contributed by atoms with van der Waals surface area (Å²) in [6.45, 7) is 0. The predicted molar refractivity (Wildman–Crippen MR) is 98.6 cm³/mol. The van der Waals surface area contributed by atoms with Crippen LogP contribution in [0.5, 0.6) is 11.5 Å². The number of thioether (sulfide) groups is 1. The smallest absolute Gasteiger partial charge is 0.353 e. The van der Waals surface area contributed by atoms with E-state index < -0.39 is 5.97 Å². The first kappa shape index (κ1) is 16.7. The van der Waals surface area contributed by atoms with Crippen LogP contribution in [0.2, 0.25) is 0 Å². The lowest BCUT2D eigenvalue weighted by atomic mass is 10.2. The second-order valence-corrected chi connectivity index (χ2v) is 7.30. The van der Waals surface area contributed by atoms with E-state index in [0.717, 1.165) is 5.56 Å². The van der Waals surface area contributed by atoms with E-state index in [1.54, 1.807) is 41.8 Å². The van der Waals surface area contributed by atoms with Gasteiger partial charge in [-0.2, -0.15) is 0 Å². The van der Waals surface area contributed by atoms with Gasteiger partial charge in [-0.1, -0.05) is 36.1 Å². The van der Waals surface area contributed by atoms with Crippen LogP contribution in [-0.4, -0.2) is 23.3 Å². The van der Waals surface area contributed by atoms with Gasteiger partial charge in [0.15, 0.2) is 11.5 Å². The van der Waals surface area contributed by atoms with E-state index in [0.29, 0.717) is 25.6 Å². The number of hydrogen-bond donors (Lipinski definition) is 1. The molecule has 0 saturated carbocycles. The molecule has 0 unspecified atom stereocenters. The molecule has 1 saturated heterocycles. The lowest BCUT2D eigenvalue weighted by Crippen LogP contribution is -2.17. The number of nitrogens with one attached hydrogen (secondary N) is 1. The Balaban J connectivity index is 1.83. The summed E-state index contributed by atoms with van der Waals surface area (Å²) in [6, 6.07) is 8.53. The number of ether oxygens (including phenoxy) is 2. The van der Waals surface area contributed by atoms with Crippen LogP contribution < -0.4 is 14.8 Å². The molecule has 0 spiro atoms. The summed E-state index contributed by atoms with van der Waals surface area (Å²) in [7, 11) is 1.49. The van der Waals surface area contributed by atoms with Gasteiger partial charge in [0.05, 0.1) is 12.0 Å². The van der Waals surface area contributed by atoms with Crippen molar-refractivity contribution in [1.82, 2.24) is 5.32 Å². The summed E-state index contributed by atoms with van der Waals surface area (Å²) in [5.41, 5.74) is 0.741. The number of carbonyl (C=O) groups excluding carboxylic acids is 2. The molecule has 1 N–H and O–H groups in total. The first-order valence-corrected chi connectivity index (χ1v) is 8.86. The molecule has 24 heavy (non-hydrogen) atoms. The second-order valence-electron chi connectivity index (χ2n) is 4.63. The van der Waals surface area contributed by atoms with Crippen molar-refractivity contribution in [3.63, 3.8) is 0 Å². The number of benzene rings is 1. The van der Waals surface area contributed by atoms with Gasteiger partial charge in [0.1, 0.15) is 9.20 Å². The molecule has 3 rings (SSSR count). The van der Waals surface area contributed by atoms with Crippen LogP contribution in [0.15, 0.2) is 40.6 Å². The van der Waals surface area contributed by atoms with Crippen LogP contribution in [-0.2, 0) is 4.79 Å². The number of esters is 1. The number of thiocarbonyl (C=S) groups is 1. The first-order valence-electron chi connectivity index (χ1n) is 6.75. The zero-order valence-electron chi connectivity index (χ0n) is 12.4. The molecule has 1 amide bonds. The van der Waals surface area contributed by atoms with Crippen molar-refractivity contribution in [3.05, 3.63) is 51.1 Å². The number of amides is 1. The van der Waals surface area contributed by atoms with E-state index >= 15 is 0 Å². The van der Waals surface area contributed by atoms with Gasteiger partial charge in [-0.25, -0.2) is 4.79 Å². The molecule has 0 radical (unpaired) electrons. The molecule has 2 aromatic rings. The van der Waals surface area contributed by atoms with Crippen LogP contribution >= 0.6 is 35.3 Å². The van der Waals surface area contributed by atoms with Crippen LogP contribution in [0.3, 0.4) is 0 Å². The Bertz CT molecular complexity index is 843. The van der Waals surface area contributed by atoms with Crippen molar-refractivity contribution in [2.45, 2.75) is 0 Å². The Morgan fingerprint density at radius 3 is 2.75 bits per heavy atom. The average Bonchev–Trinajstić information content (AvgIpc) is 3.19. The van der Waals surface area contributed by atoms with E-state index in [1.807, 2.05) is 0 Å². The van der Waals surface area contributed by atoms with E-state index in [2.05, 4.69) is 5.32 Å². The minimum Gasteiger partial charge on any atom is -0.493 e. The molecule has 122 valence electrons. The topological polar surface area (TPSA) is 64.6 Å². The molecule has 1 aliphatic heterocycles. The lowest BCUT2D eigenvalue weighted by molar-refractivity contribution is -0.115. The van der Waals surface area contributed by atoms with Crippen LogP contribution in [0, 0.1) is 0 Å². The van der Waals surface area contributed by atoms with E-state index in [1.165, 1.54) is 30.2 Å². The summed E-state index contributed by atoms with van der Waals surface area (Å²) in [5.74, 6) is 0.0555. The van der Waals surface area contributed by atoms with Gasteiger partial charge in [-0.05, 0) is 35.2 Å². The SMILES string of the molecule is COc1cc(C=C2SC(=S)NC2=O)ccc1OC(=O)c1cccs1. The molecule has 1 aromatic heterocycles. The van der Waals surface area contributed by atoms with Gasteiger partial charge in [-0.3, -0.25) is 4.79 Å². The summed E-state index contributed by atoms with van der Waals surface area (Å²) in [5, 5.41) is 4.36. The van der Waals surface area contributed by atoms with Gasteiger partial charge >= 0.3 is 5.97 Å². The Hall–Kier alpha value is -2.16. The van der Waals surface area contributed by atoms with Crippen molar-refractivity contribution in [2.24, 2.45) is 0 Å². The fourth-order valence-corrected chi connectivity index (χ4v) is 3.62. The quantitative estimate of drug-likeness (QED) is 0.381. The highest BCUT2D eigenvalue weighted by atomic mass is 32.2. The second kappa shape index (κ2) is 7.16. The van der Waals surface area contributed by atoms with Crippen LogP contribution in [0.25, 0.3) is 6.08 Å². The third-order valence-corrected chi connectivity index (χ3v) is 5.07. The largest absolute Gasteiger partial charge is 0.493 e. The molecular formula is C16H11NO4S3. The molecule has 1 aromatic carbocycles. The highest BCUT2D eigenvalue weighted by Crippen LogP contribution is 2.32. The molecule has 0 atom stereocenters. The Labute approximate surface area is 151 Å². The van der Waals surface area contributed by atoms with Gasteiger partial charge in [0, 0.05) is 0 Å². The van der Waals surface area contributed by atoms with E-state index in [9.17, 15) is 9.59 Å². The van der Waals surface area contributed by atoms with Crippen molar-refractivity contribution in [3.8, 4) is 11.5 Å². The molecule has 8 heteroatoms. The van der Waals surface area contributed by atoms with Crippen molar-refractivity contribution in [2.75, 3.05) is 7.11 Å². The van der Waals surface area contributed by atoms with Crippen molar-refractivity contribution < 1.29 is 19.1 Å². The summed E-state index contributed by atoms with van der Waals surface area (Å²) in [6.07, 6.45) is 1.70. The molecular weight excluding hydrogens is 366 g/mol. The Kier molecular flexibility index (Phi) is 4.98. The molecule has 1 fully saturated rings. The van der Waals surface area contributed by atoms with Gasteiger partial charge in [-0.15, -0.1) is 11.3 Å². The van der Waals surface area contributed by atoms with Crippen molar-refractivity contribution in [1.29, 1.82) is 0 Å². The first-order chi connectivity index (χ1) is 11.6. The summed E-state index contributed by atoms with van der Waals surface area (Å²) < 4.78 is 11.1. The van der Waals surface area contributed by atoms with Gasteiger partial charge in [0.25, 0.3) is 5.91 Å². The Morgan fingerprint density at radius 2 is 2.12 bits per heavy atom. The standard InChI is InChI=1S/C16H11NO4S3/c1-20-11-7-9(8-13-14(18)17-16(22)24-13)4-5-10(11)21-15(19)12-3-2-6-23-12/h2-8H,1H3,(H,17,18,22). The zero-order chi connectivity index (χ0) is 17.1. The molecule has 1 aliphatic rings. The minimum atomic E-state index is -0.439. The highest BCUT2D eigenvalue weighted by Gasteiger charge is 2.22. The lowest BCUT2D eigenvalue weighted by Gasteiger charge is -2.09. The molecule has 0 bridgehead atoms. The molecule has 0 aliphatic carbocycles. The van der Waals surface area contributed by atoms with Crippen LogP contribution in [0.1, 0.15) is 15.2 Å². The maximum atomic E-state index is 12.0. The average molecular weight is 377 g/mol. The van der Waals surface area contributed by atoms with E-state index in [4.69, 9.17) is 21.7 Å². The van der Waals surface area contributed by atoms with Gasteiger partial charge in [0.2, 0.25) is 0 Å². The fraction of sp³-hybridized carbons (Fsp3) is 0.0625. The summed E-state index contributed by atoms with van der Waals surface area (Å²) >= 11 is 7.46. The number of carbonyl (C=O) groups is 2. The number of rotatable bonds is 4. The third kappa shape index (κ3) is 3.66. The molecule has 5 nitrogen and oxygen atoms in total. The predicted octanol–water partition coefficient (Wildman–Crippen LogP) is 3.46.